The summed E-state index contributed by atoms with van der Waals surface area (Å²) in [4.78, 5) is 5.81. The van der Waals surface area contributed by atoms with Gasteiger partial charge < -0.3 is 14.7 Å². The molecular formula is C16H16N4O2S. The summed E-state index contributed by atoms with van der Waals surface area (Å²) in [7, 11) is 0. The van der Waals surface area contributed by atoms with Crippen molar-refractivity contribution in [2.24, 2.45) is 4.99 Å². The molecule has 2 atom stereocenters. The van der Waals surface area contributed by atoms with Crippen LogP contribution in [0.3, 0.4) is 0 Å². The molecule has 23 heavy (non-hydrogen) atoms. The molecule has 2 heterocycles. The predicted octanol–water partition coefficient (Wildman–Crippen LogP) is 2.02. The molecule has 0 unspecified atom stereocenters. The zero-order valence-corrected chi connectivity index (χ0v) is 13.7. The fourth-order valence-corrected chi connectivity index (χ4v) is 3.93. The van der Waals surface area contributed by atoms with E-state index in [2.05, 4.69) is 11.1 Å². The van der Waals surface area contributed by atoms with Crippen molar-refractivity contribution < 1.29 is 9.84 Å². The molecule has 0 saturated carbocycles. The minimum atomic E-state index is -0.813. The van der Waals surface area contributed by atoms with E-state index < -0.39 is 17.7 Å². The number of aliphatic imine (C=N–C) groups is 1. The molecule has 0 amide bonds. The molecule has 7 heteroatoms. The van der Waals surface area contributed by atoms with Crippen molar-refractivity contribution in [1.29, 1.82) is 10.5 Å². The summed E-state index contributed by atoms with van der Waals surface area (Å²) in [6, 6.07) is 6.92. The first kappa shape index (κ1) is 15.7. The lowest BCUT2D eigenvalue weighted by molar-refractivity contribution is -0.0800. The highest BCUT2D eigenvalue weighted by Crippen LogP contribution is 2.45. The first-order chi connectivity index (χ1) is 11.0. The minimum Gasteiger partial charge on any atom is -0.485 e. The van der Waals surface area contributed by atoms with Crippen LogP contribution in [0.25, 0.3) is 0 Å². The van der Waals surface area contributed by atoms with Gasteiger partial charge in [-0.15, -0.1) is 4.99 Å². The second kappa shape index (κ2) is 5.77. The molecule has 2 aliphatic rings. The highest BCUT2D eigenvalue weighted by molar-refractivity contribution is 8.14. The molecular weight excluding hydrogens is 312 g/mol. The van der Waals surface area contributed by atoms with E-state index in [1.807, 2.05) is 24.9 Å². The van der Waals surface area contributed by atoms with Crippen LogP contribution in [0.5, 0.6) is 5.75 Å². The summed E-state index contributed by atoms with van der Waals surface area (Å²) < 4.78 is 5.92. The number of nitriles is 2. The first-order valence-corrected chi connectivity index (χ1v) is 8.24. The van der Waals surface area contributed by atoms with Crippen LogP contribution in [0.4, 0.5) is 0 Å². The number of thioether (sulfide) groups is 1. The third-order valence-electron chi connectivity index (χ3n) is 4.13. The van der Waals surface area contributed by atoms with Crippen LogP contribution in [-0.4, -0.2) is 39.2 Å². The van der Waals surface area contributed by atoms with E-state index >= 15 is 0 Å². The number of aliphatic hydroxyl groups is 1. The summed E-state index contributed by atoms with van der Waals surface area (Å²) in [5.74, 6) is 1.45. The smallest absolute Gasteiger partial charge is 0.208 e. The second-order valence-electron chi connectivity index (χ2n) is 6.00. The number of hydrogen-bond acceptors (Lipinski definition) is 6. The first-order valence-electron chi connectivity index (χ1n) is 7.25. The number of hydrogen-bond donors (Lipinski definition) is 1. The number of aliphatic hydroxyl groups excluding tert-OH is 1. The monoisotopic (exact) mass is 328 g/mol. The SMILES string of the molecule is CC1(C)Oc2ccc(C#N)cc2[C@@H](N2CCS/C2=N/C#N)[C@@H]1O. The van der Waals surface area contributed by atoms with Crippen molar-refractivity contribution in [2.75, 3.05) is 12.3 Å². The highest BCUT2D eigenvalue weighted by Gasteiger charge is 2.47. The average Bonchev–Trinajstić information content (AvgIpc) is 2.96. The molecule has 3 rings (SSSR count). The van der Waals surface area contributed by atoms with E-state index in [0.717, 1.165) is 11.3 Å². The molecule has 0 radical (unpaired) electrons. The molecule has 0 bridgehead atoms. The second-order valence-corrected chi connectivity index (χ2v) is 7.06. The Balaban J connectivity index is 2.13. The summed E-state index contributed by atoms with van der Waals surface area (Å²) in [5, 5.41) is 29.5. The number of rotatable bonds is 1. The third kappa shape index (κ3) is 2.63. The van der Waals surface area contributed by atoms with Crippen LogP contribution in [0.1, 0.15) is 31.0 Å². The number of benzene rings is 1. The van der Waals surface area contributed by atoms with Gasteiger partial charge in [0.15, 0.2) is 5.17 Å². The largest absolute Gasteiger partial charge is 0.485 e. The van der Waals surface area contributed by atoms with Gasteiger partial charge in [0.2, 0.25) is 6.19 Å². The van der Waals surface area contributed by atoms with Gasteiger partial charge in [-0.25, -0.2) is 0 Å². The van der Waals surface area contributed by atoms with Gasteiger partial charge in [-0.05, 0) is 32.0 Å². The number of ether oxygens (including phenoxy) is 1. The van der Waals surface area contributed by atoms with Gasteiger partial charge in [0, 0.05) is 17.9 Å². The van der Waals surface area contributed by atoms with Crippen molar-refractivity contribution in [1.82, 2.24) is 4.90 Å². The molecule has 1 fully saturated rings. The van der Waals surface area contributed by atoms with E-state index in [9.17, 15) is 5.11 Å². The lowest BCUT2D eigenvalue weighted by Crippen LogP contribution is -2.53. The maximum Gasteiger partial charge on any atom is 0.208 e. The molecule has 2 aliphatic heterocycles. The van der Waals surface area contributed by atoms with Crippen LogP contribution in [0.2, 0.25) is 0 Å². The van der Waals surface area contributed by atoms with Crippen LogP contribution >= 0.6 is 11.8 Å². The molecule has 0 aliphatic carbocycles. The summed E-state index contributed by atoms with van der Waals surface area (Å²) in [6.07, 6.45) is 1.01. The molecule has 1 aromatic carbocycles. The van der Waals surface area contributed by atoms with Crippen LogP contribution < -0.4 is 4.74 Å². The standard InChI is InChI=1S/C16H16N4O2S/c1-16(2)14(21)13(20-5-6-23-15(20)19-9-18)11-7-10(8-17)3-4-12(11)22-16/h3-4,7,13-14,21H,5-6H2,1-2H3/b19-15+/t13-,14+/m1/s1. The van der Waals surface area contributed by atoms with E-state index in [4.69, 9.17) is 15.3 Å². The van der Waals surface area contributed by atoms with E-state index in [-0.39, 0.29) is 0 Å². The average molecular weight is 328 g/mol. The normalized spacial score (nSPS) is 27.0. The van der Waals surface area contributed by atoms with Gasteiger partial charge in [-0.2, -0.15) is 10.5 Å². The van der Waals surface area contributed by atoms with E-state index in [0.29, 0.717) is 23.0 Å². The van der Waals surface area contributed by atoms with Gasteiger partial charge in [0.05, 0.1) is 17.7 Å². The van der Waals surface area contributed by atoms with Crippen LogP contribution in [0, 0.1) is 22.8 Å². The molecule has 1 N–H and O–H groups in total. The minimum absolute atomic E-state index is 0.399. The maximum atomic E-state index is 10.9. The highest BCUT2D eigenvalue weighted by atomic mass is 32.2. The van der Waals surface area contributed by atoms with Crippen molar-refractivity contribution in [3.05, 3.63) is 29.3 Å². The zero-order valence-electron chi connectivity index (χ0n) is 12.9. The Morgan fingerprint density at radius 3 is 2.91 bits per heavy atom. The Labute approximate surface area is 139 Å². The lowest BCUT2D eigenvalue weighted by atomic mass is 9.85. The number of fused-ring (bicyclic) bond motifs is 1. The summed E-state index contributed by atoms with van der Waals surface area (Å²) >= 11 is 1.49. The van der Waals surface area contributed by atoms with Gasteiger partial charge in [-0.1, -0.05) is 11.8 Å². The van der Waals surface area contributed by atoms with Gasteiger partial charge in [0.25, 0.3) is 0 Å². The molecule has 118 valence electrons. The molecule has 1 saturated heterocycles. The van der Waals surface area contributed by atoms with Gasteiger partial charge in [0.1, 0.15) is 17.5 Å². The van der Waals surface area contributed by atoms with Crippen molar-refractivity contribution >= 4 is 16.9 Å². The topological polar surface area (TPSA) is 92.6 Å². The van der Waals surface area contributed by atoms with Crippen molar-refractivity contribution in [2.45, 2.75) is 31.6 Å². The summed E-state index contributed by atoms with van der Waals surface area (Å²) in [5.41, 5.74) is 0.482. The zero-order chi connectivity index (χ0) is 16.6. The Morgan fingerprint density at radius 1 is 1.43 bits per heavy atom. The van der Waals surface area contributed by atoms with E-state index in [1.165, 1.54) is 11.8 Å². The quantitative estimate of drug-likeness (QED) is 0.793. The van der Waals surface area contributed by atoms with Gasteiger partial charge >= 0.3 is 0 Å². The maximum absolute atomic E-state index is 10.9. The Hall–Kier alpha value is -2.22. The van der Waals surface area contributed by atoms with Gasteiger partial charge in [-0.3, -0.25) is 0 Å². The lowest BCUT2D eigenvalue weighted by Gasteiger charge is -2.45. The molecule has 0 aromatic heterocycles. The third-order valence-corrected chi connectivity index (χ3v) is 5.10. The Bertz CT molecular complexity index is 747. The van der Waals surface area contributed by atoms with E-state index in [1.54, 1.807) is 18.2 Å². The predicted molar refractivity (Wildman–Crippen MR) is 86.8 cm³/mol. The van der Waals surface area contributed by atoms with Crippen molar-refractivity contribution in [3.63, 3.8) is 0 Å². The van der Waals surface area contributed by atoms with Crippen LogP contribution in [-0.2, 0) is 0 Å². The summed E-state index contributed by atoms with van der Waals surface area (Å²) in [6.45, 7) is 4.34. The van der Waals surface area contributed by atoms with Crippen molar-refractivity contribution in [3.8, 4) is 18.0 Å². The molecule has 0 spiro atoms. The number of nitrogens with zero attached hydrogens (tertiary/aromatic N) is 4. The van der Waals surface area contributed by atoms with Crippen LogP contribution in [0.15, 0.2) is 23.2 Å². The Morgan fingerprint density at radius 2 is 2.22 bits per heavy atom. The number of amidine groups is 1. The fourth-order valence-electron chi connectivity index (χ4n) is 2.99. The molecule has 1 aromatic rings. The fraction of sp³-hybridized carbons (Fsp3) is 0.438. The Kier molecular flexibility index (Phi) is 3.93. The molecule has 6 nitrogen and oxygen atoms in total.